The van der Waals surface area contributed by atoms with Crippen molar-refractivity contribution in [1.82, 2.24) is 5.43 Å². The fourth-order valence-electron chi connectivity index (χ4n) is 2.16. The van der Waals surface area contributed by atoms with Crippen LogP contribution >= 0.6 is 0 Å². The van der Waals surface area contributed by atoms with Gasteiger partial charge in [0.15, 0.2) is 5.84 Å². The average molecular weight is 307 g/mol. The van der Waals surface area contributed by atoms with E-state index in [1.54, 1.807) is 0 Å². The van der Waals surface area contributed by atoms with Gasteiger partial charge in [-0.05, 0) is 24.3 Å². The zero-order valence-corrected chi connectivity index (χ0v) is 13.5. The number of hydrogen-bond donors (Lipinski definition) is 0. The molecule has 0 saturated heterocycles. The molecule has 0 aliphatic carbocycles. The van der Waals surface area contributed by atoms with Crippen LogP contribution in [0.3, 0.4) is 0 Å². The Balaban J connectivity index is 2.06. The van der Waals surface area contributed by atoms with E-state index in [2.05, 4.69) is 10.5 Å². The molecule has 5 nitrogen and oxygen atoms in total. The number of hydrogen-bond acceptors (Lipinski definition) is 2. The maximum absolute atomic E-state index is 12.8. The summed E-state index contributed by atoms with van der Waals surface area (Å²) >= 11 is 0. The van der Waals surface area contributed by atoms with Gasteiger partial charge in [0.25, 0.3) is 0 Å². The molecule has 117 valence electrons. The SMILES string of the molecule is CC(C)(C)C1=NN(c2ccccc2)C(=O)N(c2ccccc2)[N]1. The fourth-order valence-corrected chi connectivity index (χ4v) is 2.16. The van der Waals surface area contributed by atoms with E-state index in [0.29, 0.717) is 5.84 Å². The second-order valence-electron chi connectivity index (χ2n) is 6.35. The standard InChI is InChI=1S/C18H19N4O/c1-18(2,3)16-19-21(14-10-6-4-7-11-14)17(23)22(20-16)15-12-8-5-9-13-15/h4-13H,1-3H3. The number of anilines is 2. The van der Waals surface area contributed by atoms with E-state index < -0.39 is 0 Å². The van der Waals surface area contributed by atoms with Crippen LogP contribution in [-0.4, -0.2) is 11.9 Å². The Morgan fingerprint density at radius 3 is 1.74 bits per heavy atom. The number of benzene rings is 2. The first-order valence-corrected chi connectivity index (χ1v) is 7.52. The van der Waals surface area contributed by atoms with Gasteiger partial charge >= 0.3 is 6.03 Å². The van der Waals surface area contributed by atoms with Gasteiger partial charge in [-0.1, -0.05) is 57.2 Å². The lowest BCUT2D eigenvalue weighted by Crippen LogP contribution is -2.55. The van der Waals surface area contributed by atoms with Crippen LogP contribution in [0, 0.1) is 5.41 Å². The lowest BCUT2D eigenvalue weighted by molar-refractivity contribution is 0.248. The highest BCUT2D eigenvalue weighted by Gasteiger charge is 2.36. The molecule has 0 fully saturated rings. The lowest BCUT2D eigenvalue weighted by Gasteiger charge is -2.35. The van der Waals surface area contributed by atoms with E-state index in [0.717, 1.165) is 11.4 Å². The molecular weight excluding hydrogens is 288 g/mol. The van der Waals surface area contributed by atoms with Gasteiger partial charge in [0.1, 0.15) is 0 Å². The van der Waals surface area contributed by atoms with Crippen molar-refractivity contribution in [3.05, 3.63) is 60.7 Å². The molecule has 0 bridgehead atoms. The van der Waals surface area contributed by atoms with Crippen molar-refractivity contribution in [3.63, 3.8) is 0 Å². The summed E-state index contributed by atoms with van der Waals surface area (Å²) in [5, 5.41) is 7.28. The Kier molecular flexibility index (Phi) is 3.78. The van der Waals surface area contributed by atoms with E-state index in [-0.39, 0.29) is 11.4 Å². The van der Waals surface area contributed by atoms with Crippen LogP contribution in [0.1, 0.15) is 20.8 Å². The van der Waals surface area contributed by atoms with Gasteiger partial charge in [0.05, 0.1) is 11.4 Å². The van der Waals surface area contributed by atoms with Crippen LogP contribution in [0.15, 0.2) is 65.8 Å². The molecule has 2 aromatic carbocycles. The van der Waals surface area contributed by atoms with Crippen molar-refractivity contribution < 1.29 is 4.79 Å². The molecule has 0 unspecified atom stereocenters. The van der Waals surface area contributed by atoms with Crippen LogP contribution in [-0.2, 0) is 0 Å². The number of carbonyl (C=O) groups excluding carboxylic acids is 1. The number of hydrazone groups is 1. The molecule has 3 rings (SSSR count). The lowest BCUT2D eigenvalue weighted by atomic mass is 9.95. The zero-order valence-electron chi connectivity index (χ0n) is 13.5. The Morgan fingerprint density at radius 2 is 1.26 bits per heavy atom. The molecule has 23 heavy (non-hydrogen) atoms. The van der Waals surface area contributed by atoms with Gasteiger partial charge in [0.2, 0.25) is 0 Å². The molecule has 0 saturated carbocycles. The zero-order chi connectivity index (χ0) is 16.4. The van der Waals surface area contributed by atoms with Crippen molar-refractivity contribution in [3.8, 4) is 0 Å². The highest BCUT2D eigenvalue weighted by molar-refractivity contribution is 6.09. The summed E-state index contributed by atoms with van der Waals surface area (Å²) < 4.78 is 0. The topological polar surface area (TPSA) is 50.0 Å². The van der Waals surface area contributed by atoms with Crippen LogP contribution in [0.2, 0.25) is 0 Å². The number of carbonyl (C=O) groups is 1. The summed E-state index contributed by atoms with van der Waals surface area (Å²) in [6.45, 7) is 6.08. The summed E-state index contributed by atoms with van der Waals surface area (Å²) in [6.07, 6.45) is 0. The van der Waals surface area contributed by atoms with E-state index >= 15 is 0 Å². The largest absolute Gasteiger partial charge is 0.370 e. The van der Waals surface area contributed by atoms with Crippen molar-refractivity contribution in [2.24, 2.45) is 10.5 Å². The molecule has 0 N–H and O–H groups in total. The van der Waals surface area contributed by atoms with Gasteiger partial charge in [-0.2, -0.15) is 10.0 Å². The number of amides is 2. The molecular formula is C18H19N4O. The van der Waals surface area contributed by atoms with Crippen LogP contribution in [0.5, 0.6) is 0 Å². The summed E-state index contributed by atoms with van der Waals surface area (Å²) in [7, 11) is 0. The minimum atomic E-state index is -0.296. The highest BCUT2D eigenvalue weighted by Crippen LogP contribution is 2.27. The molecule has 2 amide bonds. The van der Waals surface area contributed by atoms with Crippen molar-refractivity contribution in [1.29, 1.82) is 0 Å². The molecule has 1 aliphatic rings. The smallest absolute Gasteiger partial charge is 0.244 e. The number of rotatable bonds is 2. The first kappa shape index (κ1) is 15.1. The molecule has 1 radical (unpaired) electrons. The van der Waals surface area contributed by atoms with E-state index in [9.17, 15) is 4.79 Å². The summed E-state index contributed by atoms with van der Waals surface area (Å²) in [6, 6.07) is 18.5. The van der Waals surface area contributed by atoms with Crippen molar-refractivity contribution in [2.45, 2.75) is 20.8 Å². The van der Waals surface area contributed by atoms with Crippen LogP contribution in [0.25, 0.3) is 0 Å². The van der Waals surface area contributed by atoms with Gasteiger partial charge in [0, 0.05) is 5.41 Å². The predicted octanol–water partition coefficient (Wildman–Crippen LogP) is 4.01. The molecule has 0 aromatic heterocycles. The minimum absolute atomic E-state index is 0.277. The Hall–Kier alpha value is -2.82. The summed E-state index contributed by atoms with van der Waals surface area (Å²) in [5.74, 6) is 0.602. The van der Waals surface area contributed by atoms with Crippen molar-refractivity contribution >= 4 is 23.2 Å². The third kappa shape index (κ3) is 3.04. The fraction of sp³-hybridized carbons (Fsp3) is 0.222. The molecule has 2 aromatic rings. The van der Waals surface area contributed by atoms with Gasteiger partial charge in [-0.15, -0.1) is 10.5 Å². The van der Waals surface area contributed by atoms with Crippen LogP contribution in [0.4, 0.5) is 16.2 Å². The predicted molar refractivity (Wildman–Crippen MR) is 92.3 cm³/mol. The minimum Gasteiger partial charge on any atom is -0.244 e. The summed E-state index contributed by atoms with van der Waals surface area (Å²) in [4.78, 5) is 12.8. The molecule has 0 atom stereocenters. The second kappa shape index (κ2) is 5.76. The number of urea groups is 1. The maximum Gasteiger partial charge on any atom is 0.370 e. The van der Waals surface area contributed by atoms with Gasteiger partial charge in [-0.3, -0.25) is 0 Å². The van der Waals surface area contributed by atoms with Crippen molar-refractivity contribution in [2.75, 3.05) is 10.0 Å². The van der Waals surface area contributed by atoms with Crippen LogP contribution < -0.4 is 15.4 Å². The average Bonchev–Trinajstić information content (AvgIpc) is 2.55. The Labute approximate surface area is 136 Å². The van der Waals surface area contributed by atoms with E-state index in [1.807, 2.05) is 81.4 Å². The normalized spacial score (nSPS) is 15.3. The molecule has 1 heterocycles. The first-order chi connectivity index (χ1) is 11.0. The Bertz CT molecular complexity index is 720. The summed E-state index contributed by atoms with van der Waals surface area (Å²) in [5.41, 5.74) is 5.63. The number of para-hydroxylation sites is 2. The third-order valence-corrected chi connectivity index (χ3v) is 3.42. The maximum atomic E-state index is 12.8. The molecule has 5 heteroatoms. The quantitative estimate of drug-likeness (QED) is 0.827. The second-order valence-corrected chi connectivity index (χ2v) is 6.35. The molecule has 0 spiro atoms. The van der Waals surface area contributed by atoms with Gasteiger partial charge in [-0.25, -0.2) is 4.79 Å². The molecule has 1 aliphatic heterocycles. The van der Waals surface area contributed by atoms with E-state index in [1.165, 1.54) is 10.0 Å². The van der Waals surface area contributed by atoms with Gasteiger partial charge < -0.3 is 0 Å². The van der Waals surface area contributed by atoms with E-state index in [4.69, 9.17) is 0 Å². The monoisotopic (exact) mass is 307 g/mol. The number of nitrogens with zero attached hydrogens (tertiary/aromatic N) is 4. The highest BCUT2D eigenvalue weighted by atomic mass is 16.2. The number of amidine groups is 1. The third-order valence-electron chi connectivity index (χ3n) is 3.42. The first-order valence-electron chi connectivity index (χ1n) is 7.52. The Morgan fingerprint density at radius 1 is 0.783 bits per heavy atom.